The molecule has 0 aliphatic carbocycles. The van der Waals surface area contributed by atoms with Crippen molar-refractivity contribution in [2.45, 2.75) is 52.1 Å². The fraction of sp³-hybridized carbons (Fsp3) is 0.684. The van der Waals surface area contributed by atoms with Crippen LogP contribution in [0.1, 0.15) is 49.7 Å². The van der Waals surface area contributed by atoms with E-state index < -0.39 is 22.0 Å². The van der Waals surface area contributed by atoms with Crippen LogP contribution in [0.4, 0.5) is 4.79 Å². The van der Waals surface area contributed by atoms with Crippen LogP contribution in [-0.2, 0) is 10.0 Å². The van der Waals surface area contributed by atoms with E-state index >= 15 is 0 Å². The van der Waals surface area contributed by atoms with E-state index in [1.807, 2.05) is 6.92 Å². The van der Waals surface area contributed by atoms with Gasteiger partial charge in [-0.15, -0.1) is 11.3 Å². The molecule has 1 aliphatic heterocycles. The van der Waals surface area contributed by atoms with Crippen LogP contribution < -0.4 is 10.0 Å². The summed E-state index contributed by atoms with van der Waals surface area (Å²) >= 11 is 6.91. The molecule has 2 N–H and O–H groups in total. The Bertz CT molecular complexity index is 820. The van der Waals surface area contributed by atoms with Crippen LogP contribution in [0.3, 0.4) is 0 Å². The molecular weight excluding hydrogens is 448 g/mol. The van der Waals surface area contributed by atoms with Crippen LogP contribution in [0.5, 0.6) is 0 Å². The first-order chi connectivity index (χ1) is 14.1. The number of urea groups is 1. The van der Waals surface area contributed by atoms with Crippen molar-refractivity contribution in [1.29, 1.82) is 0 Å². The van der Waals surface area contributed by atoms with E-state index in [4.69, 9.17) is 11.6 Å². The molecule has 1 aromatic rings. The predicted octanol–water partition coefficient (Wildman–Crippen LogP) is 2.76. The number of hydrogen-bond acceptors (Lipinski definition) is 6. The third-order valence-corrected chi connectivity index (χ3v) is 7.55. The third kappa shape index (κ3) is 7.40. The smallest absolute Gasteiger partial charge is 0.331 e. The molecule has 30 heavy (non-hydrogen) atoms. The Hall–Kier alpha value is -1.36. The lowest BCUT2D eigenvalue weighted by molar-refractivity contribution is 0.0960. The lowest BCUT2D eigenvalue weighted by Gasteiger charge is -2.39. The highest BCUT2D eigenvalue weighted by atomic mass is 35.5. The Labute approximate surface area is 188 Å². The summed E-state index contributed by atoms with van der Waals surface area (Å²) in [5, 5.41) is 2.54. The maximum absolute atomic E-state index is 12.7. The zero-order chi connectivity index (χ0) is 22.3. The van der Waals surface area contributed by atoms with Crippen molar-refractivity contribution >= 4 is 44.9 Å². The second-order valence-electron chi connectivity index (χ2n) is 7.64. The zero-order valence-corrected chi connectivity index (χ0v) is 20.1. The van der Waals surface area contributed by atoms with E-state index in [1.54, 1.807) is 17.0 Å². The van der Waals surface area contributed by atoms with Crippen molar-refractivity contribution in [1.82, 2.24) is 19.8 Å². The largest absolute Gasteiger partial charge is 0.350 e. The van der Waals surface area contributed by atoms with E-state index in [9.17, 15) is 18.0 Å². The Morgan fingerprint density at radius 2 is 1.97 bits per heavy atom. The zero-order valence-electron chi connectivity index (χ0n) is 17.7. The summed E-state index contributed by atoms with van der Waals surface area (Å²) in [4.78, 5) is 29.1. The first-order valence-electron chi connectivity index (χ1n) is 10.2. The normalized spacial score (nSPS) is 15.9. The molecule has 170 valence electrons. The molecule has 1 aliphatic rings. The monoisotopic (exact) mass is 478 g/mol. The Morgan fingerprint density at radius 1 is 1.30 bits per heavy atom. The minimum atomic E-state index is -3.87. The van der Waals surface area contributed by atoms with Gasteiger partial charge in [0.25, 0.3) is 5.91 Å². The van der Waals surface area contributed by atoms with E-state index in [1.165, 1.54) is 0 Å². The van der Waals surface area contributed by atoms with Crippen molar-refractivity contribution in [2.24, 2.45) is 0 Å². The van der Waals surface area contributed by atoms with Gasteiger partial charge >= 0.3 is 6.03 Å². The van der Waals surface area contributed by atoms with Gasteiger partial charge in [-0.05, 0) is 45.2 Å². The molecule has 11 heteroatoms. The number of thiophene rings is 1. The van der Waals surface area contributed by atoms with Crippen molar-refractivity contribution < 1.29 is 18.0 Å². The number of nitrogens with zero attached hydrogens (tertiary/aromatic N) is 2. The van der Waals surface area contributed by atoms with Gasteiger partial charge in [-0.3, -0.25) is 4.79 Å². The molecule has 3 amide bonds. The maximum Gasteiger partial charge on any atom is 0.331 e. The average molecular weight is 479 g/mol. The molecule has 0 radical (unpaired) electrons. The van der Waals surface area contributed by atoms with Crippen molar-refractivity contribution in [3.05, 3.63) is 21.3 Å². The molecular formula is C19H31ClN4O4S2. The summed E-state index contributed by atoms with van der Waals surface area (Å²) in [6.07, 6.45) is 2.40. The average Bonchev–Trinajstić information content (AvgIpc) is 3.12. The molecule has 0 bridgehead atoms. The highest BCUT2D eigenvalue weighted by Crippen LogP contribution is 2.21. The minimum absolute atomic E-state index is 0.0263. The summed E-state index contributed by atoms with van der Waals surface area (Å²) in [5.41, 5.74) is 0. The molecule has 2 heterocycles. The van der Waals surface area contributed by atoms with Gasteiger partial charge in [0.05, 0.1) is 15.0 Å². The Morgan fingerprint density at radius 3 is 2.50 bits per heavy atom. The third-order valence-electron chi connectivity index (χ3n) is 5.09. The number of hydrogen-bond donors (Lipinski definition) is 2. The number of carbonyl (C=O) groups excluding carboxylic acids is 2. The van der Waals surface area contributed by atoms with E-state index in [0.29, 0.717) is 21.8 Å². The molecule has 0 saturated carbocycles. The Balaban J connectivity index is 1.86. The summed E-state index contributed by atoms with van der Waals surface area (Å²) < 4.78 is 27.4. The van der Waals surface area contributed by atoms with Gasteiger partial charge in [-0.2, -0.15) is 0 Å². The quantitative estimate of drug-likeness (QED) is 0.568. The summed E-state index contributed by atoms with van der Waals surface area (Å²) in [5.74, 6) is -0.770. The standard InChI is InChI=1S/C19H31ClN4O4S2/c1-4-10-24(15-7-11-23(12-8-15)14(2)3)19(26)22-30(27,28)13-9-21-18(25)16-5-6-17(20)29-16/h5-6,14-15H,4,7-13H2,1-3H3,(H,21,25)(H,22,26). The topological polar surface area (TPSA) is 98.8 Å². The lowest BCUT2D eigenvalue weighted by Crippen LogP contribution is -2.53. The van der Waals surface area contributed by atoms with Crippen molar-refractivity contribution in [2.75, 3.05) is 31.9 Å². The van der Waals surface area contributed by atoms with Crippen LogP contribution in [0.25, 0.3) is 0 Å². The predicted molar refractivity (Wildman–Crippen MR) is 121 cm³/mol. The van der Waals surface area contributed by atoms with Gasteiger partial charge in [-0.25, -0.2) is 17.9 Å². The summed E-state index contributed by atoms with van der Waals surface area (Å²) in [6, 6.07) is 3.08. The van der Waals surface area contributed by atoms with Gasteiger partial charge in [0.15, 0.2) is 0 Å². The van der Waals surface area contributed by atoms with Crippen molar-refractivity contribution in [3.8, 4) is 0 Å². The van der Waals surface area contributed by atoms with Crippen molar-refractivity contribution in [3.63, 3.8) is 0 Å². The molecule has 1 fully saturated rings. The van der Waals surface area contributed by atoms with Gasteiger partial charge < -0.3 is 15.1 Å². The van der Waals surface area contributed by atoms with Crippen LogP contribution in [0.2, 0.25) is 4.34 Å². The number of sulfonamides is 1. The minimum Gasteiger partial charge on any atom is -0.350 e. The number of likely N-dealkylation sites (tertiary alicyclic amines) is 1. The van der Waals surface area contributed by atoms with Crippen LogP contribution in [0.15, 0.2) is 12.1 Å². The molecule has 0 atom stereocenters. The molecule has 0 unspecified atom stereocenters. The number of amides is 3. The molecule has 2 rings (SSSR count). The number of piperidine rings is 1. The van der Waals surface area contributed by atoms with Gasteiger partial charge in [0.1, 0.15) is 0 Å². The number of nitrogens with one attached hydrogen (secondary N) is 2. The number of rotatable bonds is 9. The molecule has 1 saturated heterocycles. The number of carbonyl (C=O) groups is 2. The maximum atomic E-state index is 12.7. The molecule has 0 spiro atoms. The first kappa shape index (κ1) is 24.9. The molecule has 1 aromatic heterocycles. The second kappa shape index (κ2) is 11.3. The van der Waals surface area contributed by atoms with Gasteiger partial charge in [0, 0.05) is 38.3 Å². The second-order valence-corrected chi connectivity index (χ2v) is 11.2. The lowest BCUT2D eigenvalue weighted by atomic mass is 10.0. The molecule has 0 aromatic carbocycles. The number of halogens is 1. The van der Waals surface area contributed by atoms with Crippen LogP contribution in [0, 0.1) is 0 Å². The SMILES string of the molecule is CCCN(C(=O)NS(=O)(=O)CCNC(=O)c1ccc(Cl)s1)C1CCN(C(C)C)CC1. The summed E-state index contributed by atoms with van der Waals surface area (Å²) in [6.45, 7) is 8.44. The van der Waals surface area contributed by atoms with Crippen LogP contribution in [-0.4, -0.2) is 74.2 Å². The fourth-order valence-electron chi connectivity index (χ4n) is 3.47. The van der Waals surface area contributed by atoms with E-state index in [2.05, 4.69) is 28.8 Å². The molecule has 8 nitrogen and oxygen atoms in total. The highest BCUT2D eigenvalue weighted by molar-refractivity contribution is 7.90. The highest BCUT2D eigenvalue weighted by Gasteiger charge is 2.30. The summed E-state index contributed by atoms with van der Waals surface area (Å²) in [7, 11) is -3.87. The fourth-order valence-corrected chi connectivity index (χ4v) is 5.29. The van der Waals surface area contributed by atoms with Crippen LogP contribution >= 0.6 is 22.9 Å². The first-order valence-corrected chi connectivity index (χ1v) is 13.1. The van der Waals surface area contributed by atoms with Gasteiger partial charge in [-0.1, -0.05) is 18.5 Å². The van der Waals surface area contributed by atoms with E-state index in [-0.39, 0.29) is 18.3 Å². The van der Waals surface area contributed by atoms with E-state index in [0.717, 1.165) is 43.7 Å². The Kier molecular flexibility index (Phi) is 9.39. The van der Waals surface area contributed by atoms with Gasteiger partial charge in [0.2, 0.25) is 10.0 Å².